The van der Waals surface area contributed by atoms with E-state index in [1.165, 1.54) is 16.4 Å². The number of ether oxygens (including phenoxy) is 1. The molecule has 9 nitrogen and oxygen atoms in total. The van der Waals surface area contributed by atoms with Gasteiger partial charge in [-0.3, -0.25) is 4.79 Å². The molecule has 2 aliphatic heterocycles. The quantitative estimate of drug-likeness (QED) is 0.824. The molecular formula is C16H17N5O4S. The second kappa shape index (κ2) is 6.54. The zero-order valence-electron chi connectivity index (χ0n) is 13.8. The van der Waals surface area contributed by atoms with E-state index in [1.807, 2.05) is 4.90 Å². The van der Waals surface area contributed by atoms with Gasteiger partial charge in [-0.25, -0.2) is 18.4 Å². The molecule has 0 radical (unpaired) electrons. The van der Waals surface area contributed by atoms with Crippen molar-refractivity contribution < 1.29 is 17.9 Å². The van der Waals surface area contributed by atoms with E-state index in [-0.39, 0.29) is 17.4 Å². The van der Waals surface area contributed by atoms with Crippen molar-refractivity contribution in [3.8, 4) is 5.75 Å². The molecule has 1 fully saturated rings. The zero-order chi connectivity index (χ0) is 18.1. The average molecular weight is 375 g/mol. The Balaban J connectivity index is 1.51. The largest absolute Gasteiger partial charge is 0.482 e. The van der Waals surface area contributed by atoms with E-state index in [9.17, 15) is 13.2 Å². The fourth-order valence-corrected chi connectivity index (χ4v) is 4.40. The molecular weight excluding hydrogens is 358 g/mol. The molecule has 1 amide bonds. The van der Waals surface area contributed by atoms with Crippen LogP contribution in [0.3, 0.4) is 0 Å². The highest BCUT2D eigenvalue weighted by Gasteiger charge is 2.30. The third kappa shape index (κ3) is 3.08. The maximum absolute atomic E-state index is 12.9. The lowest BCUT2D eigenvalue weighted by atomic mass is 10.2. The van der Waals surface area contributed by atoms with Crippen LogP contribution in [-0.2, 0) is 14.8 Å². The molecule has 4 rings (SSSR count). The van der Waals surface area contributed by atoms with Gasteiger partial charge in [0.05, 0.1) is 10.6 Å². The lowest BCUT2D eigenvalue weighted by Gasteiger charge is -2.34. The zero-order valence-corrected chi connectivity index (χ0v) is 14.6. The topological polar surface area (TPSA) is 105 Å². The number of fused-ring (bicyclic) bond motifs is 1. The number of rotatable bonds is 3. The highest BCUT2D eigenvalue weighted by molar-refractivity contribution is 7.89. The maximum atomic E-state index is 12.9. The summed E-state index contributed by atoms with van der Waals surface area (Å²) < 4.78 is 32.5. The van der Waals surface area contributed by atoms with Gasteiger partial charge in [-0.15, -0.1) is 0 Å². The molecule has 0 spiro atoms. The molecule has 2 aromatic rings. The highest BCUT2D eigenvalue weighted by atomic mass is 32.2. The number of hydrogen-bond acceptors (Lipinski definition) is 7. The molecule has 1 saturated heterocycles. The lowest BCUT2D eigenvalue weighted by Crippen LogP contribution is -2.49. The van der Waals surface area contributed by atoms with Crippen molar-refractivity contribution >= 4 is 27.6 Å². The van der Waals surface area contributed by atoms with Gasteiger partial charge in [0.1, 0.15) is 5.75 Å². The minimum Gasteiger partial charge on any atom is -0.482 e. The molecule has 0 saturated carbocycles. The average Bonchev–Trinajstić information content (AvgIpc) is 2.68. The number of anilines is 2. The SMILES string of the molecule is O=C1COc2ccc(S(=O)(=O)N3CCN(c4ncccn4)CC3)cc2N1. The van der Waals surface area contributed by atoms with Gasteiger partial charge in [0, 0.05) is 38.6 Å². The summed E-state index contributed by atoms with van der Waals surface area (Å²) in [6.45, 7) is 1.62. The van der Waals surface area contributed by atoms with Crippen molar-refractivity contribution in [1.82, 2.24) is 14.3 Å². The first-order valence-corrected chi connectivity index (χ1v) is 9.57. The molecule has 0 aliphatic carbocycles. The van der Waals surface area contributed by atoms with Crippen LogP contribution < -0.4 is 15.0 Å². The standard InChI is InChI=1S/C16H17N5O4S/c22-15-11-25-14-3-2-12(10-13(14)19-15)26(23,24)21-8-6-20(7-9-21)16-17-4-1-5-18-16/h1-5,10H,6-9,11H2,(H,19,22). The number of hydrogen-bond donors (Lipinski definition) is 1. The summed E-state index contributed by atoms with van der Waals surface area (Å²) in [6.07, 6.45) is 3.32. The van der Waals surface area contributed by atoms with Crippen molar-refractivity contribution in [1.29, 1.82) is 0 Å². The smallest absolute Gasteiger partial charge is 0.262 e. The first kappa shape index (κ1) is 16.7. The van der Waals surface area contributed by atoms with Crippen molar-refractivity contribution in [2.24, 2.45) is 0 Å². The Morgan fingerprint density at radius 1 is 1.08 bits per heavy atom. The van der Waals surface area contributed by atoms with Gasteiger partial charge in [0.15, 0.2) is 6.61 Å². The minimum absolute atomic E-state index is 0.0669. The third-order valence-electron chi connectivity index (χ3n) is 4.30. The molecule has 0 unspecified atom stereocenters. The van der Waals surface area contributed by atoms with E-state index in [4.69, 9.17) is 4.74 Å². The molecule has 1 aromatic heterocycles. The number of amides is 1. The number of carbonyl (C=O) groups is 1. The molecule has 136 valence electrons. The van der Waals surface area contributed by atoms with Crippen LogP contribution >= 0.6 is 0 Å². The predicted molar refractivity (Wildman–Crippen MR) is 93.6 cm³/mol. The summed E-state index contributed by atoms with van der Waals surface area (Å²) in [6, 6.07) is 6.24. The second-order valence-corrected chi connectivity index (χ2v) is 7.87. The first-order valence-electron chi connectivity index (χ1n) is 8.13. The molecule has 2 aliphatic rings. The van der Waals surface area contributed by atoms with Crippen molar-refractivity contribution in [2.45, 2.75) is 4.90 Å². The minimum atomic E-state index is -3.66. The number of benzene rings is 1. The highest BCUT2D eigenvalue weighted by Crippen LogP contribution is 2.31. The van der Waals surface area contributed by atoms with E-state index in [2.05, 4.69) is 15.3 Å². The fraction of sp³-hybridized carbons (Fsp3) is 0.312. The summed E-state index contributed by atoms with van der Waals surface area (Å²) in [5, 5.41) is 2.63. The number of carbonyl (C=O) groups excluding carboxylic acids is 1. The molecule has 1 aromatic carbocycles. The molecule has 1 N–H and O–H groups in total. The summed E-state index contributed by atoms with van der Waals surface area (Å²) in [4.78, 5) is 21.9. The summed E-state index contributed by atoms with van der Waals surface area (Å²) in [5.74, 6) is 0.760. The van der Waals surface area contributed by atoms with Gasteiger partial charge < -0.3 is 15.0 Å². The maximum Gasteiger partial charge on any atom is 0.262 e. The molecule has 10 heteroatoms. The van der Waals surface area contributed by atoms with E-state index in [0.717, 1.165) is 0 Å². The van der Waals surface area contributed by atoms with E-state index in [0.29, 0.717) is 43.6 Å². The Hall–Kier alpha value is -2.72. The van der Waals surface area contributed by atoms with Crippen LogP contribution in [0.4, 0.5) is 11.6 Å². The number of aromatic nitrogens is 2. The van der Waals surface area contributed by atoms with Gasteiger partial charge >= 0.3 is 0 Å². The number of nitrogens with zero attached hydrogens (tertiary/aromatic N) is 4. The van der Waals surface area contributed by atoms with Gasteiger partial charge in [0.2, 0.25) is 16.0 Å². The van der Waals surface area contributed by atoms with Gasteiger partial charge in [-0.2, -0.15) is 4.31 Å². The van der Waals surface area contributed by atoms with Crippen molar-refractivity contribution in [3.05, 3.63) is 36.7 Å². The molecule has 0 atom stereocenters. The van der Waals surface area contributed by atoms with Crippen molar-refractivity contribution in [2.75, 3.05) is 43.0 Å². The Labute approximate surface area is 150 Å². The Morgan fingerprint density at radius 2 is 1.81 bits per heavy atom. The monoisotopic (exact) mass is 375 g/mol. The van der Waals surface area contributed by atoms with Gasteiger partial charge in [-0.05, 0) is 24.3 Å². The predicted octanol–water partition coefficient (Wildman–Crippen LogP) is 0.318. The number of nitrogens with one attached hydrogen (secondary N) is 1. The van der Waals surface area contributed by atoms with Crippen LogP contribution in [-0.4, -0.2) is 61.4 Å². The van der Waals surface area contributed by atoms with Crippen LogP contribution in [0.2, 0.25) is 0 Å². The third-order valence-corrected chi connectivity index (χ3v) is 6.19. The molecule has 3 heterocycles. The second-order valence-electron chi connectivity index (χ2n) is 5.93. The Kier molecular flexibility index (Phi) is 4.21. The van der Waals surface area contributed by atoms with Crippen LogP contribution in [0, 0.1) is 0 Å². The molecule has 0 bridgehead atoms. The summed E-state index contributed by atoms with van der Waals surface area (Å²) in [5.41, 5.74) is 0.374. The van der Waals surface area contributed by atoms with E-state index < -0.39 is 10.0 Å². The summed E-state index contributed by atoms with van der Waals surface area (Å²) in [7, 11) is -3.66. The number of sulfonamides is 1. The van der Waals surface area contributed by atoms with Crippen molar-refractivity contribution in [3.63, 3.8) is 0 Å². The first-order chi connectivity index (χ1) is 12.5. The number of piperazine rings is 1. The Bertz CT molecular complexity index is 927. The van der Waals surface area contributed by atoms with Crippen LogP contribution in [0.1, 0.15) is 0 Å². The Morgan fingerprint density at radius 3 is 2.54 bits per heavy atom. The van der Waals surface area contributed by atoms with E-state index >= 15 is 0 Å². The normalized spacial score (nSPS) is 18.0. The van der Waals surface area contributed by atoms with Gasteiger partial charge in [0.25, 0.3) is 5.91 Å². The van der Waals surface area contributed by atoms with Crippen LogP contribution in [0.25, 0.3) is 0 Å². The fourth-order valence-electron chi connectivity index (χ4n) is 2.95. The van der Waals surface area contributed by atoms with E-state index in [1.54, 1.807) is 24.5 Å². The van der Waals surface area contributed by atoms with Crippen LogP contribution in [0.15, 0.2) is 41.6 Å². The molecule has 26 heavy (non-hydrogen) atoms. The lowest BCUT2D eigenvalue weighted by molar-refractivity contribution is -0.118. The van der Waals surface area contributed by atoms with Crippen LogP contribution in [0.5, 0.6) is 5.75 Å². The summed E-state index contributed by atoms with van der Waals surface area (Å²) >= 11 is 0. The van der Waals surface area contributed by atoms with Gasteiger partial charge in [-0.1, -0.05) is 0 Å².